The van der Waals surface area contributed by atoms with E-state index in [1.807, 2.05) is 6.20 Å². The van der Waals surface area contributed by atoms with Gasteiger partial charge in [-0.15, -0.1) is 0 Å². The van der Waals surface area contributed by atoms with E-state index in [9.17, 15) is 0 Å². The first-order chi connectivity index (χ1) is 4.47. The van der Waals surface area contributed by atoms with Gasteiger partial charge in [0.05, 0.1) is 0 Å². The van der Waals surface area contributed by atoms with Gasteiger partial charge in [0, 0.05) is 24.4 Å². The second-order valence-electron chi connectivity index (χ2n) is 2.32. The summed E-state index contributed by atoms with van der Waals surface area (Å²) in [6.45, 7) is 1.10. The monoisotopic (exact) mass is 121 g/mol. The molecule has 2 nitrogen and oxygen atoms in total. The van der Waals surface area contributed by atoms with Crippen LogP contribution in [0.2, 0.25) is 0 Å². The van der Waals surface area contributed by atoms with Crippen molar-refractivity contribution < 1.29 is 0 Å². The molecule has 0 saturated carbocycles. The second-order valence-corrected chi connectivity index (χ2v) is 2.32. The first-order valence-corrected chi connectivity index (χ1v) is 3.28. The van der Waals surface area contributed by atoms with Crippen LogP contribution < -0.4 is 5.32 Å². The average Bonchev–Trinajstić information content (AvgIpc) is 2.33. The molecular formula is C7H9N2. The van der Waals surface area contributed by atoms with Crippen molar-refractivity contribution in [2.45, 2.75) is 12.8 Å². The molecule has 1 aromatic heterocycles. The zero-order valence-corrected chi connectivity index (χ0v) is 5.20. The van der Waals surface area contributed by atoms with E-state index in [-0.39, 0.29) is 0 Å². The molecule has 9 heavy (non-hydrogen) atoms. The van der Waals surface area contributed by atoms with Crippen LogP contribution >= 0.6 is 0 Å². The molecule has 2 rings (SSSR count). The molecule has 1 aromatic rings. The van der Waals surface area contributed by atoms with Gasteiger partial charge in [-0.2, -0.15) is 0 Å². The van der Waals surface area contributed by atoms with Crippen molar-refractivity contribution in [3.8, 4) is 0 Å². The molecule has 1 aliphatic rings. The Morgan fingerprint density at radius 1 is 1.56 bits per heavy atom. The van der Waals surface area contributed by atoms with Gasteiger partial charge in [-0.25, -0.2) is 0 Å². The maximum atomic E-state index is 3.26. The van der Waals surface area contributed by atoms with E-state index in [1.165, 1.54) is 24.2 Å². The van der Waals surface area contributed by atoms with E-state index in [0.717, 1.165) is 6.54 Å². The Morgan fingerprint density at radius 2 is 2.56 bits per heavy atom. The molecule has 0 aliphatic carbocycles. The molecule has 2 heteroatoms. The molecule has 0 bridgehead atoms. The van der Waals surface area contributed by atoms with Crippen molar-refractivity contribution in [3.05, 3.63) is 17.8 Å². The molecule has 2 N–H and O–H groups in total. The zero-order chi connectivity index (χ0) is 6.10. The van der Waals surface area contributed by atoms with Crippen molar-refractivity contribution in [2.75, 3.05) is 11.9 Å². The summed E-state index contributed by atoms with van der Waals surface area (Å²) in [6, 6.07) is 3.14. The third kappa shape index (κ3) is 0.707. The highest BCUT2D eigenvalue weighted by Crippen LogP contribution is 2.17. The highest BCUT2D eigenvalue weighted by Gasteiger charge is 2.07. The van der Waals surface area contributed by atoms with Gasteiger partial charge in [0.15, 0.2) is 0 Å². The van der Waals surface area contributed by atoms with Crippen molar-refractivity contribution in [2.24, 2.45) is 0 Å². The highest BCUT2D eigenvalue weighted by atomic mass is 15.0. The number of aryl methyl sites for hydroxylation is 1. The number of anilines is 1. The number of hydrogen-bond donors (Lipinski definition) is 2. The van der Waals surface area contributed by atoms with Crippen molar-refractivity contribution in [1.29, 1.82) is 0 Å². The van der Waals surface area contributed by atoms with Crippen LogP contribution in [0, 0.1) is 6.07 Å². The van der Waals surface area contributed by atoms with Gasteiger partial charge in [0.1, 0.15) is 5.82 Å². The van der Waals surface area contributed by atoms with Gasteiger partial charge in [-0.1, -0.05) is 0 Å². The first-order valence-electron chi connectivity index (χ1n) is 3.28. The smallest absolute Gasteiger partial charge is 0.107 e. The van der Waals surface area contributed by atoms with Crippen LogP contribution in [-0.2, 0) is 6.42 Å². The largest absolute Gasteiger partial charge is 0.371 e. The van der Waals surface area contributed by atoms with Gasteiger partial charge in [0.2, 0.25) is 0 Å². The fourth-order valence-corrected chi connectivity index (χ4v) is 1.19. The number of H-pyrrole nitrogens is 1. The molecule has 0 amide bonds. The lowest BCUT2D eigenvalue weighted by Crippen LogP contribution is -2.10. The minimum atomic E-state index is 1.10. The number of nitrogens with one attached hydrogen (secondary N) is 2. The van der Waals surface area contributed by atoms with E-state index >= 15 is 0 Å². The van der Waals surface area contributed by atoms with Crippen LogP contribution in [0.5, 0.6) is 0 Å². The Balaban J connectivity index is 2.39. The van der Waals surface area contributed by atoms with Crippen LogP contribution in [0.1, 0.15) is 12.0 Å². The third-order valence-electron chi connectivity index (χ3n) is 1.67. The Bertz CT molecular complexity index is 182. The lowest BCUT2D eigenvalue weighted by Gasteiger charge is -2.11. The minimum Gasteiger partial charge on any atom is -0.371 e. The van der Waals surface area contributed by atoms with E-state index in [0.29, 0.717) is 0 Å². The molecule has 0 fully saturated rings. The summed E-state index contributed by atoms with van der Waals surface area (Å²) in [5.74, 6) is 1.17. The Labute approximate surface area is 54.3 Å². The summed E-state index contributed by atoms with van der Waals surface area (Å²) in [5, 5.41) is 3.26. The zero-order valence-electron chi connectivity index (χ0n) is 5.20. The van der Waals surface area contributed by atoms with Gasteiger partial charge in [-0.05, 0) is 12.8 Å². The second kappa shape index (κ2) is 1.79. The molecular weight excluding hydrogens is 112 g/mol. The third-order valence-corrected chi connectivity index (χ3v) is 1.67. The normalized spacial score (nSPS) is 16.4. The molecule has 0 spiro atoms. The summed E-state index contributed by atoms with van der Waals surface area (Å²) in [6.07, 6.45) is 4.27. The standard InChI is InChI=1S/C7H9N2/c1-2-6-3-5-9-7(6)8-4-1/h5,8-9H,1-2,4H2. The molecule has 0 unspecified atom stereocenters. The van der Waals surface area contributed by atoms with E-state index < -0.39 is 0 Å². The van der Waals surface area contributed by atoms with Crippen molar-refractivity contribution in [3.63, 3.8) is 0 Å². The fourth-order valence-electron chi connectivity index (χ4n) is 1.19. The predicted molar refractivity (Wildman–Crippen MR) is 36.4 cm³/mol. The number of hydrogen-bond acceptors (Lipinski definition) is 1. The summed E-state index contributed by atoms with van der Waals surface area (Å²) >= 11 is 0. The minimum absolute atomic E-state index is 1.10. The average molecular weight is 121 g/mol. The fraction of sp³-hybridized carbons (Fsp3) is 0.429. The number of aromatic nitrogens is 1. The lowest BCUT2D eigenvalue weighted by molar-refractivity contribution is 0.827. The first kappa shape index (κ1) is 4.91. The Morgan fingerprint density at radius 3 is 3.44 bits per heavy atom. The molecule has 0 atom stereocenters. The van der Waals surface area contributed by atoms with E-state index in [1.54, 1.807) is 0 Å². The van der Waals surface area contributed by atoms with Gasteiger partial charge >= 0.3 is 0 Å². The van der Waals surface area contributed by atoms with Crippen molar-refractivity contribution >= 4 is 5.82 Å². The van der Waals surface area contributed by atoms with E-state index in [2.05, 4.69) is 16.4 Å². The van der Waals surface area contributed by atoms with Crippen LogP contribution in [0.15, 0.2) is 6.20 Å². The molecule has 0 saturated heterocycles. The molecule has 2 heterocycles. The quantitative estimate of drug-likeness (QED) is 0.530. The SMILES string of the molecule is [c]1c[nH]c2c1CCCN2. The van der Waals surface area contributed by atoms with Crippen LogP contribution in [-0.4, -0.2) is 11.5 Å². The summed E-state index contributed by atoms with van der Waals surface area (Å²) in [4.78, 5) is 3.09. The topological polar surface area (TPSA) is 27.8 Å². The lowest BCUT2D eigenvalue weighted by atomic mass is 10.1. The van der Waals surface area contributed by atoms with Crippen LogP contribution in [0.4, 0.5) is 5.82 Å². The van der Waals surface area contributed by atoms with Gasteiger partial charge < -0.3 is 10.3 Å². The van der Waals surface area contributed by atoms with Gasteiger partial charge in [0.25, 0.3) is 0 Å². The highest BCUT2D eigenvalue weighted by molar-refractivity contribution is 5.45. The summed E-state index contributed by atoms with van der Waals surface area (Å²) in [7, 11) is 0. The summed E-state index contributed by atoms with van der Waals surface area (Å²) in [5.41, 5.74) is 1.31. The Hall–Kier alpha value is -0.920. The predicted octanol–water partition coefficient (Wildman–Crippen LogP) is 1.17. The van der Waals surface area contributed by atoms with Crippen LogP contribution in [0.3, 0.4) is 0 Å². The molecule has 0 aromatic carbocycles. The van der Waals surface area contributed by atoms with Crippen molar-refractivity contribution in [1.82, 2.24) is 4.98 Å². The summed E-state index contributed by atoms with van der Waals surface area (Å²) < 4.78 is 0. The number of fused-ring (bicyclic) bond motifs is 1. The molecule has 47 valence electrons. The number of rotatable bonds is 0. The molecule has 1 radical (unpaired) electrons. The maximum Gasteiger partial charge on any atom is 0.107 e. The Kier molecular flexibility index (Phi) is 0.979. The molecule has 1 aliphatic heterocycles. The van der Waals surface area contributed by atoms with Gasteiger partial charge in [-0.3, -0.25) is 0 Å². The number of aromatic amines is 1. The van der Waals surface area contributed by atoms with E-state index in [4.69, 9.17) is 0 Å². The maximum absolute atomic E-state index is 3.26. The van der Waals surface area contributed by atoms with Crippen LogP contribution in [0.25, 0.3) is 0 Å².